The molecule has 2 aliphatic heterocycles. The number of nitrogens with one attached hydrogen (secondary N) is 2. The number of nitrogens with two attached hydrogens (primary N) is 2. The predicted octanol–water partition coefficient (Wildman–Crippen LogP) is -0.951. The van der Waals surface area contributed by atoms with E-state index in [0.29, 0.717) is 18.1 Å². The SMILES string of the molecule is NC(N)=NC(CCC[C@@H]1SC[C@@H]2NC(=O)N[C@@H]21)C(=O)O. The van der Waals surface area contributed by atoms with Crippen LogP contribution in [0, 0.1) is 0 Å². The Morgan fingerprint density at radius 1 is 1.50 bits per heavy atom. The fourth-order valence-electron chi connectivity index (χ4n) is 2.58. The van der Waals surface area contributed by atoms with Crippen molar-refractivity contribution in [3.05, 3.63) is 0 Å². The number of hydrogen-bond donors (Lipinski definition) is 5. The van der Waals surface area contributed by atoms with Crippen molar-refractivity contribution < 1.29 is 14.7 Å². The summed E-state index contributed by atoms with van der Waals surface area (Å²) in [6.45, 7) is 0. The van der Waals surface area contributed by atoms with Crippen molar-refractivity contribution in [1.29, 1.82) is 0 Å². The second-order valence-corrected chi connectivity index (χ2v) is 6.23. The summed E-state index contributed by atoms with van der Waals surface area (Å²) in [5.41, 5.74) is 10.4. The molecule has 112 valence electrons. The molecular weight excluding hydrogens is 282 g/mol. The third-order valence-electron chi connectivity index (χ3n) is 3.49. The fourth-order valence-corrected chi connectivity index (χ4v) is 4.12. The molecule has 4 atom stereocenters. The zero-order valence-corrected chi connectivity index (χ0v) is 11.7. The Morgan fingerprint density at radius 3 is 2.90 bits per heavy atom. The standard InChI is InChI=1S/C11H19N5O3S/c12-10(13)14-5(9(17)18)2-1-3-7-8-6(4-20-7)15-11(19)16-8/h5-8H,1-4H2,(H,17,18)(H4,12,13,14)(H2,15,16,19)/t5?,6-,7-,8-/m0/s1. The number of aliphatic imine (C=N–C) groups is 1. The highest BCUT2D eigenvalue weighted by atomic mass is 32.2. The lowest BCUT2D eigenvalue weighted by atomic mass is 10.0. The molecule has 2 aliphatic rings. The van der Waals surface area contributed by atoms with Gasteiger partial charge in [-0.15, -0.1) is 0 Å². The van der Waals surface area contributed by atoms with E-state index in [2.05, 4.69) is 15.6 Å². The molecule has 8 nitrogen and oxygen atoms in total. The first kappa shape index (κ1) is 14.8. The number of guanidine groups is 1. The van der Waals surface area contributed by atoms with Gasteiger partial charge in [-0.3, -0.25) is 0 Å². The molecule has 2 rings (SSSR count). The number of aliphatic carboxylic acids is 1. The van der Waals surface area contributed by atoms with Crippen LogP contribution >= 0.6 is 11.8 Å². The lowest BCUT2D eigenvalue weighted by molar-refractivity contribution is -0.138. The minimum Gasteiger partial charge on any atom is -0.480 e. The van der Waals surface area contributed by atoms with Crippen LogP contribution in [0.1, 0.15) is 19.3 Å². The van der Waals surface area contributed by atoms with Crippen LogP contribution in [0.15, 0.2) is 4.99 Å². The Morgan fingerprint density at radius 2 is 2.25 bits per heavy atom. The van der Waals surface area contributed by atoms with Gasteiger partial charge < -0.3 is 27.2 Å². The van der Waals surface area contributed by atoms with Crippen LogP contribution in [-0.4, -0.2) is 52.2 Å². The van der Waals surface area contributed by atoms with Crippen molar-refractivity contribution in [2.24, 2.45) is 16.5 Å². The van der Waals surface area contributed by atoms with Gasteiger partial charge in [-0.25, -0.2) is 14.6 Å². The highest BCUT2D eigenvalue weighted by Crippen LogP contribution is 2.33. The topological polar surface area (TPSA) is 143 Å². The van der Waals surface area contributed by atoms with Crippen LogP contribution in [0.2, 0.25) is 0 Å². The zero-order chi connectivity index (χ0) is 14.7. The summed E-state index contributed by atoms with van der Waals surface area (Å²) in [7, 11) is 0. The highest BCUT2D eigenvalue weighted by molar-refractivity contribution is 8.00. The minimum absolute atomic E-state index is 0.116. The van der Waals surface area contributed by atoms with E-state index in [-0.39, 0.29) is 24.1 Å². The van der Waals surface area contributed by atoms with Gasteiger partial charge in [0.15, 0.2) is 12.0 Å². The molecule has 1 unspecified atom stereocenters. The summed E-state index contributed by atoms with van der Waals surface area (Å²) < 4.78 is 0. The summed E-state index contributed by atoms with van der Waals surface area (Å²) in [4.78, 5) is 25.9. The third kappa shape index (κ3) is 3.47. The average Bonchev–Trinajstić information content (AvgIpc) is 2.87. The van der Waals surface area contributed by atoms with Gasteiger partial charge >= 0.3 is 12.0 Å². The molecule has 2 heterocycles. The van der Waals surface area contributed by atoms with E-state index in [4.69, 9.17) is 16.6 Å². The summed E-state index contributed by atoms with van der Waals surface area (Å²) in [6.07, 6.45) is 1.92. The van der Waals surface area contributed by atoms with Crippen molar-refractivity contribution in [2.45, 2.75) is 42.6 Å². The number of fused-ring (bicyclic) bond motifs is 1. The molecule has 2 fully saturated rings. The molecule has 0 aromatic rings. The maximum Gasteiger partial charge on any atom is 0.328 e. The number of carboxylic acids is 1. The molecule has 0 aromatic heterocycles. The zero-order valence-electron chi connectivity index (χ0n) is 10.9. The summed E-state index contributed by atoms with van der Waals surface area (Å²) in [5, 5.41) is 15.1. The molecule has 0 radical (unpaired) electrons. The predicted molar refractivity (Wildman–Crippen MR) is 76.6 cm³/mol. The Bertz CT molecular complexity index is 426. The molecule has 2 saturated heterocycles. The Hall–Kier alpha value is -1.64. The van der Waals surface area contributed by atoms with E-state index >= 15 is 0 Å². The van der Waals surface area contributed by atoms with Crippen molar-refractivity contribution in [3.63, 3.8) is 0 Å². The highest BCUT2D eigenvalue weighted by Gasteiger charge is 2.42. The van der Waals surface area contributed by atoms with Crippen LogP contribution in [0.3, 0.4) is 0 Å². The largest absolute Gasteiger partial charge is 0.480 e. The number of hydrogen-bond acceptors (Lipinski definition) is 4. The van der Waals surface area contributed by atoms with Crippen LogP contribution in [0.25, 0.3) is 0 Å². The number of thioether (sulfide) groups is 1. The quantitative estimate of drug-likeness (QED) is 0.243. The minimum atomic E-state index is -1.02. The first-order chi connectivity index (χ1) is 9.47. The van der Waals surface area contributed by atoms with Gasteiger partial charge in [0.25, 0.3) is 0 Å². The fraction of sp³-hybridized carbons (Fsp3) is 0.727. The van der Waals surface area contributed by atoms with Gasteiger partial charge in [0.1, 0.15) is 0 Å². The van der Waals surface area contributed by atoms with Gasteiger partial charge in [0, 0.05) is 11.0 Å². The van der Waals surface area contributed by atoms with E-state index in [0.717, 1.165) is 12.2 Å². The molecule has 2 amide bonds. The summed E-state index contributed by atoms with van der Waals surface area (Å²) in [5.74, 6) is -0.337. The van der Waals surface area contributed by atoms with Crippen molar-refractivity contribution in [3.8, 4) is 0 Å². The Labute approximate surface area is 120 Å². The Balaban J connectivity index is 1.79. The number of rotatable bonds is 6. The van der Waals surface area contributed by atoms with Crippen LogP contribution in [0.4, 0.5) is 4.79 Å². The normalized spacial score (nSPS) is 29.2. The second kappa shape index (κ2) is 6.21. The van der Waals surface area contributed by atoms with E-state index in [1.807, 2.05) is 0 Å². The number of carbonyl (C=O) groups excluding carboxylic acids is 1. The average molecular weight is 301 g/mol. The second-order valence-electron chi connectivity index (χ2n) is 4.96. The van der Waals surface area contributed by atoms with Gasteiger partial charge in [0.2, 0.25) is 0 Å². The van der Waals surface area contributed by atoms with Gasteiger partial charge in [-0.1, -0.05) is 0 Å². The van der Waals surface area contributed by atoms with E-state index in [1.54, 1.807) is 11.8 Å². The van der Waals surface area contributed by atoms with Crippen LogP contribution in [0.5, 0.6) is 0 Å². The molecule has 7 N–H and O–H groups in total. The number of amides is 2. The van der Waals surface area contributed by atoms with Crippen LogP contribution in [-0.2, 0) is 4.79 Å². The number of nitrogens with zero attached hydrogens (tertiary/aromatic N) is 1. The molecular formula is C11H19N5O3S. The molecule has 0 saturated carbocycles. The third-order valence-corrected chi connectivity index (χ3v) is 5.00. The first-order valence-electron chi connectivity index (χ1n) is 6.47. The van der Waals surface area contributed by atoms with Crippen molar-refractivity contribution in [1.82, 2.24) is 10.6 Å². The monoisotopic (exact) mass is 301 g/mol. The number of carboxylic acid groups (broad SMARTS) is 1. The number of carbonyl (C=O) groups is 2. The lowest BCUT2D eigenvalue weighted by Crippen LogP contribution is -2.37. The summed E-state index contributed by atoms with van der Waals surface area (Å²) in [6, 6.07) is -0.683. The molecule has 0 aliphatic carbocycles. The maximum absolute atomic E-state index is 11.2. The first-order valence-corrected chi connectivity index (χ1v) is 7.52. The Kier molecular flexibility index (Phi) is 4.58. The van der Waals surface area contributed by atoms with E-state index in [1.165, 1.54) is 0 Å². The lowest BCUT2D eigenvalue weighted by Gasteiger charge is -2.17. The molecule has 9 heteroatoms. The smallest absolute Gasteiger partial charge is 0.328 e. The molecule has 20 heavy (non-hydrogen) atoms. The van der Waals surface area contributed by atoms with E-state index in [9.17, 15) is 9.59 Å². The maximum atomic E-state index is 11.2. The van der Waals surface area contributed by atoms with Crippen molar-refractivity contribution >= 4 is 29.7 Å². The van der Waals surface area contributed by atoms with Gasteiger partial charge in [-0.05, 0) is 19.3 Å². The summed E-state index contributed by atoms with van der Waals surface area (Å²) >= 11 is 1.80. The molecule has 0 bridgehead atoms. The van der Waals surface area contributed by atoms with E-state index < -0.39 is 12.0 Å². The van der Waals surface area contributed by atoms with Gasteiger partial charge in [-0.2, -0.15) is 11.8 Å². The molecule has 0 spiro atoms. The van der Waals surface area contributed by atoms with Crippen molar-refractivity contribution in [2.75, 3.05) is 5.75 Å². The van der Waals surface area contributed by atoms with Crippen LogP contribution < -0.4 is 22.1 Å². The molecule has 0 aromatic carbocycles. The number of urea groups is 1. The van der Waals surface area contributed by atoms with Gasteiger partial charge in [0.05, 0.1) is 12.1 Å².